The zero-order valence-electron chi connectivity index (χ0n) is 23.3. The number of pyridine rings is 1. The molecule has 39 heavy (non-hydrogen) atoms. The van der Waals surface area contributed by atoms with Crippen molar-refractivity contribution in [2.24, 2.45) is 0 Å². The Hall–Kier alpha value is -3.93. The molecule has 3 heterocycles. The number of hydrogen-bond acceptors (Lipinski definition) is 8. The predicted octanol–water partition coefficient (Wildman–Crippen LogP) is 3.62. The van der Waals surface area contributed by atoms with Gasteiger partial charge in [0.25, 0.3) is 11.5 Å². The molecule has 3 aromatic heterocycles. The Bertz CT molecular complexity index is 1420. The van der Waals surface area contributed by atoms with Crippen LogP contribution in [0.1, 0.15) is 76.7 Å². The first-order valence-corrected chi connectivity index (χ1v) is 13.2. The van der Waals surface area contributed by atoms with E-state index in [1.165, 1.54) is 22.7 Å². The van der Waals surface area contributed by atoms with Crippen LogP contribution in [0.25, 0.3) is 5.65 Å². The number of nitrogens with zero attached hydrogens (tertiary/aromatic N) is 5. The highest BCUT2D eigenvalue weighted by atomic mass is 16.6. The van der Waals surface area contributed by atoms with E-state index < -0.39 is 17.8 Å². The molecule has 1 aliphatic rings. The number of aromatic nitrogens is 4. The number of anilines is 3. The molecule has 0 spiro atoms. The van der Waals surface area contributed by atoms with Crippen molar-refractivity contribution in [2.45, 2.75) is 84.1 Å². The van der Waals surface area contributed by atoms with Crippen LogP contribution in [0.5, 0.6) is 0 Å². The number of aliphatic hydroxyl groups is 1. The number of nitrogens with one attached hydrogen (secondary N) is 2. The Kier molecular flexibility index (Phi) is 7.96. The number of fused-ring (bicyclic) bond motifs is 1. The summed E-state index contributed by atoms with van der Waals surface area (Å²) in [5.41, 5.74) is -0.289. The number of ether oxygens (including phenoxy) is 1. The zero-order valence-corrected chi connectivity index (χ0v) is 23.3. The fourth-order valence-corrected chi connectivity index (χ4v) is 4.54. The number of carbonyl (C=O) groups is 2. The maximum absolute atomic E-state index is 13.3. The summed E-state index contributed by atoms with van der Waals surface area (Å²) in [5.74, 6) is 0.139. The summed E-state index contributed by atoms with van der Waals surface area (Å²) in [6.45, 7) is 9.11. The van der Waals surface area contributed by atoms with Crippen LogP contribution in [0.15, 0.2) is 35.4 Å². The molecule has 3 N–H and O–H groups in total. The normalized spacial score (nSPS) is 17.7. The van der Waals surface area contributed by atoms with Gasteiger partial charge in [0.05, 0.1) is 12.3 Å². The molecule has 1 aliphatic carbocycles. The minimum atomic E-state index is -0.732. The first-order valence-electron chi connectivity index (χ1n) is 13.2. The first kappa shape index (κ1) is 28.1. The highest BCUT2D eigenvalue weighted by Crippen LogP contribution is 2.25. The molecule has 12 nitrogen and oxygen atoms in total. The fourth-order valence-electron chi connectivity index (χ4n) is 4.54. The van der Waals surface area contributed by atoms with E-state index in [4.69, 9.17) is 4.74 Å². The Morgan fingerprint density at radius 3 is 2.67 bits per heavy atom. The zero-order chi connectivity index (χ0) is 28.5. The molecule has 1 saturated carbocycles. The van der Waals surface area contributed by atoms with Gasteiger partial charge >= 0.3 is 6.09 Å². The first-order chi connectivity index (χ1) is 18.3. The standard InChI is InChI=1S/C27H37N7O5/c1-16(2)33-12-8-11-20(25(33)37)30-21-14-22(32(6)26(38)39-27(3,4)5)34-23(31-21)19(15-28-34)24(36)29-17-9-7-10-18(35)13-17/h8,11-12,14-18,35H,7,9-10,13H2,1-6H3,(H,29,36)(H,30,31)/t17-,18-/m0/s1. The summed E-state index contributed by atoms with van der Waals surface area (Å²) in [4.78, 5) is 45.1. The largest absolute Gasteiger partial charge is 0.443 e. The molecule has 0 saturated heterocycles. The quantitative estimate of drug-likeness (QED) is 0.431. The van der Waals surface area contributed by atoms with E-state index in [2.05, 4.69) is 20.7 Å². The molecule has 4 rings (SSSR count). The third-order valence-corrected chi connectivity index (χ3v) is 6.48. The lowest BCUT2D eigenvalue weighted by Gasteiger charge is -2.26. The third kappa shape index (κ3) is 6.39. The van der Waals surface area contributed by atoms with Gasteiger partial charge in [0.15, 0.2) is 5.65 Å². The monoisotopic (exact) mass is 539 g/mol. The van der Waals surface area contributed by atoms with Crippen molar-refractivity contribution in [2.75, 3.05) is 17.3 Å². The Balaban J connectivity index is 1.76. The van der Waals surface area contributed by atoms with E-state index in [-0.39, 0.29) is 52.1 Å². The number of aliphatic hydroxyl groups excluding tert-OH is 1. The second-order valence-electron chi connectivity index (χ2n) is 11.2. The number of rotatable bonds is 6. The molecule has 0 aromatic carbocycles. The van der Waals surface area contributed by atoms with Crippen LogP contribution in [0, 0.1) is 0 Å². The minimum absolute atomic E-state index is 0.0491. The molecule has 3 aromatic rings. The summed E-state index contributed by atoms with van der Waals surface area (Å²) >= 11 is 0. The van der Waals surface area contributed by atoms with Crippen LogP contribution in [0.2, 0.25) is 0 Å². The van der Waals surface area contributed by atoms with Gasteiger partial charge in [-0.3, -0.25) is 14.5 Å². The molecule has 0 bridgehead atoms. The molecular weight excluding hydrogens is 502 g/mol. The van der Waals surface area contributed by atoms with Gasteiger partial charge in [-0.1, -0.05) is 0 Å². The Labute approximate surface area is 227 Å². The lowest BCUT2D eigenvalue weighted by atomic mass is 9.93. The van der Waals surface area contributed by atoms with E-state index in [9.17, 15) is 19.5 Å². The third-order valence-electron chi connectivity index (χ3n) is 6.48. The van der Waals surface area contributed by atoms with E-state index in [0.29, 0.717) is 6.42 Å². The van der Waals surface area contributed by atoms with Crippen molar-refractivity contribution in [1.82, 2.24) is 24.5 Å². The number of amides is 2. The SMILES string of the molecule is CC(C)n1cccc(Nc2cc(N(C)C(=O)OC(C)(C)C)n3ncc(C(=O)N[C@H]4CCC[C@H](O)C4)c3n2)c1=O. The molecule has 2 atom stereocenters. The van der Waals surface area contributed by atoms with Crippen LogP contribution < -0.4 is 21.1 Å². The summed E-state index contributed by atoms with van der Waals surface area (Å²) in [5, 5.41) is 20.4. The maximum atomic E-state index is 13.3. The van der Waals surface area contributed by atoms with Crippen LogP contribution in [0.3, 0.4) is 0 Å². The fraction of sp³-hybridized carbons (Fsp3) is 0.519. The van der Waals surface area contributed by atoms with Gasteiger partial charge in [-0.05, 0) is 72.4 Å². The molecule has 2 amide bonds. The van der Waals surface area contributed by atoms with Gasteiger partial charge in [-0.15, -0.1) is 0 Å². The molecule has 1 fully saturated rings. The number of hydrogen-bond donors (Lipinski definition) is 3. The minimum Gasteiger partial charge on any atom is -0.443 e. The van der Waals surface area contributed by atoms with Gasteiger partial charge in [0.2, 0.25) is 0 Å². The highest BCUT2D eigenvalue weighted by Gasteiger charge is 2.27. The van der Waals surface area contributed by atoms with Gasteiger partial charge in [-0.25, -0.2) is 9.78 Å². The smallest absolute Gasteiger partial charge is 0.415 e. The van der Waals surface area contributed by atoms with Crippen molar-refractivity contribution in [3.8, 4) is 0 Å². The van der Waals surface area contributed by atoms with Crippen LogP contribution in [-0.2, 0) is 4.74 Å². The van der Waals surface area contributed by atoms with Crippen LogP contribution in [-0.4, -0.2) is 61.1 Å². The van der Waals surface area contributed by atoms with Crippen molar-refractivity contribution in [3.05, 3.63) is 46.5 Å². The lowest BCUT2D eigenvalue weighted by molar-refractivity contribution is 0.0587. The molecule has 210 valence electrons. The summed E-state index contributed by atoms with van der Waals surface area (Å²) in [6, 6.07) is 4.75. The topological polar surface area (TPSA) is 143 Å². The summed E-state index contributed by atoms with van der Waals surface area (Å²) in [7, 11) is 1.53. The average Bonchev–Trinajstić information content (AvgIpc) is 3.27. The molecule has 0 radical (unpaired) electrons. The van der Waals surface area contributed by atoms with E-state index in [1.807, 2.05) is 13.8 Å². The van der Waals surface area contributed by atoms with Gasteiger partial charge in [0, 0.05) is 31.4 Å². The molecular formula is C27H37N7O5. The summed E-state index contributed by atoms with van der Waals surface area (Å²) in [6.07, 6.45) is 4.82. The van der Waals surface area contributed by atoms with Crippen LogP contribution in [0.4, 0.5) is 22.1 Å². The second-order valence-corrected chi connectivity index (χ2v) is 11.2. The number of carbonyl (C=O) groups excluding carboxylic acids is 2. The van der Waals surface area contributed by atoms with Gasteiger partial charge in [0.1, 0.15) is 28.5 Å². The van der Waals surface area contributed by atoms with Crippen molar-refractivity contribution < 1.29 is 19.4 Å². The van der Waals surface area contributed by atoms with Crippen molar-refractivity contribution in [1.29, 1.82) is 0 Å². The predicted molar refractivity (Wildman–Crippen MR) is 148 cm³/mol. The highest BCUT2D eigenvalue weighted by molar-refractivity contribution is 6.00. The average molecular weight is 540 g/mol. The van der Waals surface area contributed by atoms with Crippen LogP contribution >= 0.6 is 0 Å². The second kappa shape index (κ2) is 11.0. The van der Waals surface area contributed by atoms with Crippen molar-refractivity contribution in [3.63, 3.8) is 0 Å². The van der Waals surface area contributed by atoms with E-state index >= 15 is 0 Å². The van der Waals surface area contributed by atoms with E-state index in [1.54, 1.807) is 49.7 Å². The Morgan fingerprint density at radius 2 is 2.00 bits per heavy atom. The van der Waals surface area contributed by atoms with Gasteiger partial charge in [-0.2, -0.15) is 9.61 Å². The molecule has 12 heteroatoms. The lowest BCUT2D eigenvalue weighted by Crippen LogP contribution is -2.39. The molecule has 0 unspecified atom stereocenters. The Morgan fingerprint density at radius 1 is 1.26 bits per heavy atom. The van der Waals surface area contributed by atoms with E-state index in [0.717, 1.165) is 19.3 Å². The van der Waals surface area contributed by atoms with Crippen molar-refractivity contribution >= 4 is 35.0 Å². The van der Waals surface area contributed by atoms with Gasteiger partial charge < -0.3 is 25.0 Å². The summed E-state index contributed by atoms with van der Waals surface area (Å²) < 4.78 is 8.51. The molecule has 0 aliphatic heterocycles. The maximum Gasteiger partial charge on any atom is 0.415 e.